The van der Waals surface area contributed by atoms with Gasteiger partial charge in [0.15, 0.2) is 0 Å². The molecular weight excluding hydrogens is 214 g/mol. The van der Waals surface area contributed by atoms with Gasteiger partial charge in [0.05, 0.1) is 5.92 Å². The van der Waals surface area contributed by atoms with Gasteiger partial charge in [-0.15, -0.1) is 0 Å². The van der Waals surface area contributed by atoms with Gasteiger partial charge < -0.3 is 4.74 Å². The Morgan fingerprint density at radius 2 is 2.33 bits per heavy atom. The lowest BCUT2D eigenvalue weighted by Crippen LogP contribution is -2.13. The third kappa shape index (κ3) is 3.88. The molecule has 1 heterocycles. The summed E-state index contributed by atoms with van der Waals surface area (Å²) in [5, 5.41) is 0.437. The minimum absolute atomic E-state index is 0.0507. The molecule has 82 valence electrons. The summed E-state index contributed by atoms with van der Waals surface area (Å²) in [7, 11) is 0. The number of nitrogens with zero attached hydrogens (tertiary/aromatic N) is 1. The van der Waals surface area contributed by atoms with Crippen molar-refractivity contribution in [3.63, 3.8) is 0 Å². The van der Waals surface area contributed by atoms with Crippen LogP contribution in [0.1, 0.15) is 25.8 Å². The van der Waals surface area contributed by atoms with Gasteiger partial charge in [-0.05, 0) is 12.5 Å². The van der Waals surface area contributed by atoms with Crippen LogP contribution < -0.4 is 0 Å². The summed E-state index contributed by atoms with van der Waals surface area (Å²) in [6.45, 7) is 4.06. The zero-order chi connectivity index (χ0) is 11.3. The van der Waals surface area contributed by atoms with Crippen LogP contribution in [-0.2, 0) is 16.1 Å². The third-order valence-electron chi connectivity index (χ3n) is 2.18. The molecule has 0 amide bonds. The number of esters is 1. The van der Waals surface area contributed by atoms with Gasteiger partial charge in [-0.25, -0.2) is 4.98 Å². The van der Waals surface area contributed by atoms with Crippen molar-refractivity contribution in [3.8, 4) is 0 Å². The number of pyridine rings is 1. The maximum Gasteiger partial charge on any atom is 0.308 e. The van der Waals surface area contributed by atoms with Gasteiger partial charge in [-0.1, -0.05) is 31.5 Å². The molecule has 0 saturated heterocycles. The Morgan fingerprint density at radius 3 is 2.87 bits per heavy atom. The molecule has 0 aromatic carbocycles. The molecule has 1 rings (SSSR count). The minimum Gasteiger partial charge on any atom is -0.461 e. The highest BCUT2D eigenvalue weighted by Gasteiger charge is 2.11. The zero-order valence-corrected chi connectivity index (χ0v) is 9.62. The molecule has 0 aliphatic rings. The molecule has 0 N–H and O–H groups in total. The molecule has 1 atom stereocenters. The molecule has 0 saturated carbocycles. The Morgan fingerprint density at radius 1 is 1.60 bits per heavy atom. The number of ether oxygens (including phenoxy) is 1. The lowest BCUT2D eigenvalue weighted by atomic mass is 10.1. The van der Waals surface area contributed by atoms with E-state index in [1.54, 1.807) is 18.3 Å². The lowest BCUT2D eigenvalue weighted by Gasteiger charge is -2.08. The van der Waals surface area contributed by atoms with Gasteiger partial charge >= 0.3 is 5.97 Å². The first kappa shape index (κ1) is 12.0. The van der Waals surface area contributed by atoms with Crippen LogP contribution in [0.15, 0.2) is 18.3 Å². The quantitative estimate of drug-likeness (QED) is 0.587. The highest BCUT2D eigenvalue weighted by molar-refractivity contribution is 6.29. The fraction of sp³-hybridized carbons (Fsp3) is 0.455. The second kappa shape index (κ2) is 5.71. The molecular formula is C11H14ClNO2. The summed E-state index contributed by atoms with van der Waals surface area (Å²) in [6.07, 6.45) is 2.39. The third-order valence-corrected chi connectivity index (χ3v) is 2.41. The molecule has 0 fully saturated rings. The van der Waals surface area contributed by atoms with E-state index in [1.807, 2.05) is 13.8 Å². The summed E-state index contributed by atoms with van der Waals surface area (Å²) < 4.78 is 5.10. The topological polar surface area (TPSA) is 39.2 Å². The highest BCUT2D eigenvalue weighted by atomic mass is 35.5. The van der Waals surface area contributed by atoms with Crippen molar-refractivity contribution in [2.75, 3.05) is 0 Å². The minimum atomic E-state index is -0.174. The van der Waals surface area contributed by atoms with Crippen molar-refractivity contribution in [2.24, 2.45) is 5.92 Å². The zero-order valence-electron chi connectivity index (χ0n) is 8.87. The van der Waals surface area contributed by atoms with E-state index >= 15 is 0 Å². The normalized spacial score (nSPS) is 12.2. The first-order valence-electron chi connectivity index (χ1n) is 4.90. The maximum atomic E-state index is 11.3. The van der Waals surface area contributed by atoms with Gasteiger partial charge in [0.25, 0.3) is 0 Å². The second-order valence-corrected chi connectivity index (χ2v) is 3.79. The van der Waals surface area contributed by atoms with E-state index in [0.29, 0.717) is 5.15 Å². The second-order valence-electron chi connectivity index (χ2n) is 3.41. The number of halogens is 1. The number of aromatic nitrogens is 1. The molecule has 1 aromatic rings. The standard InChI is InChI=1S/C11H14ClNO2/c1-3-8(2)11(14)15-7-9-4-5-10(12)13-6-9/h4-6,8H,3,7H2,1-2H3. The monoisotopic (exact) mass is 227 g/mol. The van der Waals surface area contributed by atoms with Crippen LogP contribution in [0.4, 0.5) is 0 Å². The summed E-state index contributed by atoms with van der Waals surface area (Å²) >= 11 is 5.63. The highest BCUT2D eigenvalue weighted by Crippen LogP contribution is 2.09. The van der Waals surface area contributed by atoms with E-state index < -0.39 is 0 Å². The summed E-state index contributed by atoms with van der Waals surface area (Å²) in [6, 6.07) is 3.47. The van der Waals surface area contributed by atoms with E-state index in [9.17, 15) is 4.79 Å². The molecule has 1 aromatic heterocycles. The van der Waals surface area contributed by atoms with E-state index in [2.05, 4.69) is 4.98 Å². The van der Waals surface area contributed by atoms with Crippen molar-refractivity contribution in [3.05, 3.63) is 29.0 Å². The van der Waals surface area contributed by atoms with Crippen LogP contribution in [0.2, 0.25) is 5.15 Å². The van der Waals surface area contributed by atoms with Crippen LogP contribution in [0.3, 0.4) is 0 Å². The Hall–Kier alpha value is -1.09. The number of carbonyl (C=O) groups is 1. The van der Waals surface area contributed by atoms with Crippen molar-refractivity contribution in [1.29, 1.82) is 0 Å². The average Bonchev–Trinajstić information content (AvgIpc) is 2.26. The Kier molecular flexibility index (Phi) is 4.56. The maximum absolute atomic E-state index is 11.3. The van der Waals surface area contributed by atoms with Crippen molar-refractivity contribution < 1.29 is 9.53 Å². The van der Waals surface area contributed by atoms with Gasteiger partial charge in [0.1, 0.15) is 11.8 Å². The van der Waals surface area contributed by atoms with Gasteiger partial charge in [0.2, 0.25) is 0 Å². The van der Waals surface area contributed by atoms with Gasteiger partial charge in [0, 0.05) is 11.8 Å². The smallest absolute Gasteiger partial charge is 0.308 e. The summed E-state index contributed by atoms with van der Waals surface area (Å²) in [5.74, 6) is -0.224. The van der Waals surface area contributed by atoms with Gasteiger partial charge in [-0.2, -0.15) is 0 Å². The number of rotatable bonds is 4. The Labute approximate surface area is 94.4 Å². The van der Waals surface area contributed by atoms with E-state index in [0.717, 1.165) is 12.0 Å². The van der Waals surface area contributed by atoms with Crippen molar-refractivity contribution >= 4 is 17.6 Å². The lowest BCUT2D eigenvalue weighted by molar-refractivity contribution is -0.149. The molecule has 1 unspecified atom stereocenters. The van der Waals surface area contributed by atoms with Gasteiger partial charge in [-0.3, -0.25) is 4.79 Å². The van der Waals surface area contributed by atoms with E-state index in [4.69, 9.17) is 16.3 Å². The fourth-order valence-electron chi connectivity index (χ4n) is 0.955. The van der Waals surface area contributed by atoms with Crippen molar-refractivity contribution in [2.45, 2.75) is 26.9 Å². The molecule has 15 heavy (non-hydrogen) atoms. The Balaban J connectivity index is 2.43. The summed E-state index contributed by atoms with van der Waals surface area (Å²) in [4.78, 5) is 15.2. The van der Waals surface area contributed by atoms with Crippen LogP contribution in [0.5, 0.6) is 0 Å². The first-order chi connectivity index (χ1) is 7.13. The van der Waals surface area contributed by atoms with Crippen LogP contribution in [-0.4, -0.2) is 11.0 Å². The first-order valence-corrected chi connectivity index (χ1v) is 5.28. The Bertz CT molecular complexity index is 324. The largest absolute Gasteiger partial charge is 0.461 e. The van der Waals surface area contributed by atoms with Crippen LogP contribution >= 0.6 is 11.6 Å². The number of hydrogen-bond acceptors (Lipinski definition) is 3. The molecule has 0 bridgehead atoms. The van der Waals surface area contributed by atoms with E-state index in [1.165, 1.54) is 0 Å². The number of hydrogen-bond donors (Lipinski definition) is 0. The average molecular weight is 228 g/mol. The molecule has 0 aliphatic carbocycles. The molecule has 0 aliphatic heterocycles. The molecule has 0 spiro atoms. The van der Waals surface area contributed by atoms with Crippen LogP contribution in [0.25, 0.3) is 0 Å². The van der Waals surface area contributed by atoms with Crippen LogP contribution in [0, 0.1) is 5.92 Å². The molecule has 3 nitrogen and oxygen atoms in total. The SMILES string of the molecule is CCC(C)C(=O)OCc1ccc(Cl)nc1. The molecule has 4 heteroatoms. The van der Waals surface area contributed by atoms with Crippen molar-refractivity contribution in [1.82, 2.24) is 4.98 Å². The predicted octanol–water partition coefficient (Wildman–Crippen LogP) is 2.82. The fourth-order valence-corrected chi connectivity index (χ4v) is 1.07. The van der Waals surface area contributed by atoms with E-state index in [-0.39, 0.29) is 18.5 Å². The summed E-state index contributed by atoms with van der Waals surface area (Å²) in [5.41, 5.74) is 0.844. The predicted molar refractivity (Wildman–Crippen MR) is 58.5 cm³/mol. The number of carbonyl (C=O) groups excluding carboxylic acids is 1. The molecule has 0 radical (unpaired) electrons.